The Labute approximate surface area is 128 Å². The quantitative estimate of drug-likeness (QED) is 0.910. The zero-order valence-electron chi connectivity index (χ0n) is 12.5. The number of rotatable bonds is 3. The molecular formula is C16H19FN4O. The van der Waals surface area contributed by atoms with Gasteiger partial charge in [-0.25, -0.2) is 4.39 Å². The van der Waals surface area contributed by atoms with Crippen LogP contribution in [0.1, 0.15) is 18.9 Å². The lowest BCUT2D eigenvalue weighted by Crippen LogP contribution is -2.37. The van der Waals surface area contributed by atoms with Crippen LogP contribution in [0.4, 0.5) is 4.39 Å². The number of nitrogens with one attached hydrogen (secondary N) is 2. The normalized spacial score (nSPS) is 19.7. The summed E-state index contributed by atoms with van der Waals surface area (Å²) in [6, 6.07) is 6.63. The number of benzene rings is 1. The Hall–Kier alpha value is -2.21. The van der Waals surface area contributed by atoms with Gasteiger partial charge in [-0.05, 0) is 31.2 Å². The minimum absolute atomic E-state index is 0.0975. The first-order chi connectivity index (χ1) is 10.6. The summed E-state index contributed by atoms with van der Waals surface area (Å²) in [5, 5.41) is 10.0. The number of amides is 1. The summed E-state index contributed by atoms with van der Waals surface area (Å²) >= 11 is 0. The van der Waals surface area contributed by atoms with Crippen LogP contribution >= 0.6 is 0 Å². The second-order valence-corrected chi connectivity index (χ2v) is 5.65. The first-order valence-electron chi connectivity index (χ1n) is 7.42. The summed E-state index contributed by atoms with van der Waals surface area (Å²) < 4.78 is 13.1. The molecule has 1 amide bonds. The summed E-state index contributed by atoms with van der Waals surface area (Å²) in [5.41, 5.74) is 2.86. The lowest BCUT2D eigenvalue weighted by atomic mass is 10.1. The van der Waals surface area contributed by atoms with Gasteiger partial charge in [0.25, 0.3) is 0 Å². The number of aromatic amines is 1. The number of halogens is 1. The third kappa shape index (κ3) is 3.17. The molecule has 1 atom stereocenters. The monoisotopic (exact) mass is 302 g/mol. The Balaban J connectivity index is 1.80. The Bertz CT molecular complexity index is 652. The van der Waals surface area contributed by atoms with E-state index in [1.807, 2.05) is 0 Å². The topological polar surface area (TPSA) is 61.0 Å². The van der Waals surface area contributed by atoms with E-state index >= 15 is 0 Å². The highest BCUT2D eigenvalue weighted by Crippen LogP contribution is 2.23. The van der Waals surface area contributed by atoms with Gasteiger partial charge in [0.1, 0.15) is 5.82 Å². The van der Waals surface area contributed by atoms with Crippen LogP contribution in [0, 0.1) is 5.82 Å². The molecule has 116 valence electrons. The highest BCUT2D eigenvalue weighted by atomic mass is 19.1. The van der Waals surface area contributed by atoms with Crippen molar-refractivity contribution in [3.05, 3.63) is 41.8 Å². The molecule has 22 heavy (non-hydrogen) atoms. The van der Waals surface area contributed by atoms with E-state index in [1.165, 1.54) is 12.1 Å². The summed E-state index contributed by atoms with van der Waals surface area (Å²) in [6.45, 7) is 4.19. The van der Waals surface area contributed by atoms with Gasteiger partial charge in [0, 0.05) is 43.2 Å². The third-order valence-corrected chi connectivity index (χ3v) is 4.07. The highest BCUT2D eigenvalue weighted by molar-refractivity contribution is 5.76. The zero-order valence-corrected chi connectivity index (χ0v) is 12.5. The van der Waals surface area contributed by atoms with Crippen molar-refractivity contribution in [3.63, 3.8) is 0 Å². The molecule has 0 spiro atoms. The number of hydrogen-bond donors (Lipinski definition) is 2. The molecule has 2 aromatic rings. The van der Waals surface area contributed by atoms with Crippen LogP contribution in [-0.2, 0) is 11.3 Å². The standard InChI is InChI=1S/C16H19FN4O/c1-11-8-18-15(22)6-7-21(11)10-13-9-19-20-16(13)12-2-4-14(17)5-3-12/h2-5,9,11H,6-8,10H2,1H3,(H,18,22)(H,19,20)/t11-/m0/s1. The van der Waals surface area contributed by atoms with Crippen LogP contribution < -0.4 is 5.32 Å². The van der Waals surface area contributed by atoms with E-state index in [4.69, 9.17) is 0 Å². The van der Waals surface area contributed by atoms with Crippen molar-refractivity contribution in [2.45, 2.75) is 25.9 Å². The summed E-state index contributed by atoms with van der Waals surface area (Å²) in [5.74, 6) is -0.157. The second kappa shape index (κ2) is 6.27. The van der Waals surface area contributed by atoms with Gasteiger partial charge < -0.3 is 5.32 Å². The van der Waals surface area contributed by atoms with Crippen LogP contribution in [0.25, 0.3) is 11.3 Å². The molecule has 1 aromatic heterocycles. The van der Waals surface area contributed by atoms with Crippen LogP contribution in [-0.4, -0.2) is 40.1 Å². The maximum Gasteiger partial charge on any atom is 0.221 e. The number of aromatic nitrogens is 2. The largest absolute Gasteiger partial charge is 0.355 e. The molecule has 1 aromatic carbocycles. The third-order valence-electron chi connectivity index (χ3n) is 4.07. The van der Waals surface area contributed by atoms with E-state index in [9.17, 15) is 9.18 Å². The fourth-order valence-corrected chi connectivity index (χ4v) is 2.70. The molecule has 2 N–H and O–H groups in total. The fourth-order valence-electron chi connectivity index (χ4n) is 2.70. The van der Waals surface area contributed by atoms with Crippen LogP contribution in [0.15, 0.2) is 30.5 Å². The van der Waals surface area contributed by atoms with Gasteiger partial charge in [0.2, 0.25) is 5.91 Å². The molecule has 2 heterocycles. The molecule has 5 nitrogen and oxygen atoms in total. The van der Waals surface area contributed by atoms with E-state index in [-0.39, 0.29) is 17.8 Å². The molecule has 6 heteroatoms. The molecule has 1 fully saturated rings. The molecule has 1 aliphatic rings. The van der Waals surface area contributed by atoms with Crippen molar-refractivity contribution in [2.75, 3.05) is 13.1 Å². The molecular weight excluding hydrogens is 283 g/mol. The Morgan fingerprint density at radius 1 is 1.36 bits per heavy atom. The minimum Gasteiger partial charge on any atom is -0.355 e. The Morgan fingerprint density at radius 3 is 2.91 bits per heavy atom. The van der Waals surface area contributed by atoms with Crippen molar-refractivity contribution in [2.24, 2.45) is 0 Å². The number of carbonyl (C=O) groups is 1. The van der Waals surface area contributed by atoms with Crippen molar-refractivity contribution in [1.29, 1.82) is 0 Å². The number of nitrogens with zero attached hydrogens (tertiary/aromatic N) is 2. The average molecular weight is 302 g/mol. The first kappa shape index (κ1) is 14.7. The van der Waals surface area contributed by atoms with E-state index in [0.29, 0.717) is 19.5 Å². The zero-order chi connectivity index (χ0) is 15.5. The van der Waals surface area contributed by atoms with E-state index < -0.39 is 0 Å². The molecule has 0 bridgehead atoms. The number of carbonyl (C=O) groups excluding carboxylic acids is 1. The molecule has 1 aliphatic heterocycles. The van der Waals surface area contributed by atoms with Crippen molar-refractivity contribution < 1.29 is 9.18 Å². The Morgan fingerprint density at radius 2 is 2.14 bits per heavy atom. The first-order valence-corrected chi connectivity index (χ1v) is 7.42. The molecule has 0 saturated carbocycles. The average Bonchev–Trinajstić information content (AvgIpc) is 2.91. The van der Waals surface area contributed by atoms with Crippen LogP contribution in [0.3, 0.4) is 0 Å². The minimum atomic E-state index is -0.254. The van der Waals surface area contributed by atoms with Crippen LogP contribution in [0.2, 0.25) is 0 Å². The van der Waals surface area contributed by atoms with E-state index in [1.54, 1.807) is 18.3 Å². The van der Waals surface area contributed by atoms with Gasteiger partial charge >= 0.3 is 0 Å². The lowest BCUT2D eigenvalue weighted by Gasteiger charge is -2.26. The van der Waals surface area contributed by atoms with Crippen LogP contribution in [0.5, 0.6) is 0 Å². The SMILES string of the molecule is C[C@H]1CNC(=O)CCN1Cc1cn[nH]c1-c1ccc(F)cc1. The van der Waals surface area contributed by atoms with Gasteiger partial charge in [-0.15, -0.1) is 0 Å². The van der Waals surface area contributed by atoms with Gasteiger partial charge in [0.15, 0.2) is 0 Å². The second-order valence-electron chi connectivity index (χ2n) is 5.65. The van der Waals surface area contributed by atoms with E-state index in [2.05, 4.69) is 27.3 Å². The van der Waals surface area contributed by atoms with E-state index in [0.717, 1.165) is 23.4 Å². The smallest absolute Gasteiger partial charge is 0.221 e. The van der Waals surface area contributed by atoms with Gasteiger partial charge in [-0.2, -0.15) is 5.10 Å². The molecule has 3 rings (SSSR count). The lowest BCUT2D eigenvalue weighted by molar-refractivity contribution is -0.120. The molecule has 0 radical (unpaired) electrons. The summed E-state index contributed by atoms with van der Waals surface area (Å²) in [7, 11) is 0. The van der Waals surface area contributed by atoms with Crippen molar-refractivity contribution in [1.82, 2.24) is 20.4 Å². The summed E-state index contributed by atoms with van der Waals surface area (Å²) in [4.78, 5) is 13.8. The molecule has 0 aliphatic carbocycles. The predicted molar refractivity (Wildman–Crippen MR) is 81.5 cm³/mol. The highest BCUT2D eigenvalue weighted by Gasteiger charge is 2.21. The summed E-state index contributed by atoms with van der Waals surface area (Å²) in [6.07, 6.45) is 2.31. The molecule has 1 saturated heterocycles. The fraction of sp³-hybridized carbons (Fsp3) is 0.375. The number of H-pyrrole nitrogens is 1. The van der Waals surface area contributed by atoms with Gasteiger partial charge in [0.05, 0.1) is 11.9 Å². The van der Waals surface area contributed by atoms with Crippen molar-refractivity contribution >= 4 is 5.91 Å². The Kier molecular flexibility index (Phi) is 4.20. The number of hydrogen-bond acceptors (Lipinski definition) is 3. The molecule has 0 unspecified atom stereocenters. The van der Waals surface area contributed by atoms with Gasteiger partial charge in [-0.3, -0.25) is 14.8 Å². The van der Waals surface area contributed by atoms with Gasteiger partial charge in [-0.1, -0.05) is 0 Å². The maximum absolute atomic E-state index is 13.1. The predicted octanol–water partition coefficient (Wildman–Crippen LogP) is 1.93. The van der Waals surface area contributed by atoms with Crippen molar-refractivity contribution in [3.8, 4) is 11.3 Å². The maximum atomic E-state index is 13.1.